The molecule has 1 aliphatic carbocycles. The Labute approximate surface area is 149 Å². The van der Waals surface area contributed by atoms with Crippen LogP contribution < -0.4 is 5.32 Å². The summed E-state index contributed by atoms with van der Waals surface area (Å²) in [6.45, 7) is 1.57. The fourth-order valence-electron chi connectivity index (χ4n) is 3.79. The number of hydrogen-bond donors (Lipinski definition) is 5. The average molecular weight is 365 g/mol. The van der Waals surface area contributed by atoms with Gasteiger partial charge in [0.15, 0.2) is 23.2 Å². The topological polar surface area (TPSA) is 146 Å². The van der Waals surface area contributed by atoms with E-state index in [2.05, 4.69) is 20.3 Å². The van der Waals surface area contributed by atoms with Gasteiger partial charge in [-0.1, -0.05) is 6.92 Å². The van der Waals surface area contributed by atoms with Gasteiger partial charge in [-0.3, -0.25) is 4.57 Å². The molecule has 2 fully saturated rings. The summed E-state index contributed by atoms with van der Waals surface area (Å²) in [5, 5.41) is 43.3. The predicted octanol–water partition coefficient (Wildman–Crippen LogP) is -0.642. The van der Waals surface area contributed by atoms with Gasteiger partial charge in [0.2, 0.25) is 0 Å². The van der Waals surface area contributed by atoms with Crippen LogP contribution in [0.5, 0.6) is 0 Å². The Hall–Kier alpha value is -1.85. The highest BCUT2D eigenvalue weighted by atomic mass is 16.6. The first-order chi connectivity index (χ1) is 12.4. The Balaban J connectivity index is 1.68. The number of aliphatic hydroxyl groups is 4. The van der Waals surface area contributed by atoms with E-state index in [-0.39, 0.29) is 5.92 Å². The molecular formula is C16H23N5O5. The van der Waals surface area contributed by atoms with Gasteiger partial charge in [-0.05, 0) is 19.3 Å². The van der Waals surface area contributed by atoms with Crippen molar-refractivity contribution in [3.05, 3.63) is 12.7 Å². The van der Waals surface area contributed by atoms with Crippen LogP contribution in [0.15, 0.2) is 12.7 Å². The van der Waals surface area contributed by atoms with Gasteiger partial charge in [-0.2, -0.15) is 0 Å². The zero-order chi connectivity index (χ0) is 18.5. The molecule has 26 heavy (non-hydrogen) atoms. The summed E-state index contributed by atoms with van der Waals surface area (Å²) >= 11 is 0. The minimum atomic E-state index is -1.23. The zero-order valence-corrected chi connectivity index (χ0v) is 14.4. The number of rotatable bonds is 4. The van der Waals surface area contributed by atoms with E-state index in [1.165, 1.54) is 17.2 Å². The summed E-state index contributed by atoms with van der Waals surface area (Å²) in [5.74, 6) is 0.479. The van der Waals surface area contributed by atoms with E-state index in [0.717, 1.165) is 12.8 Å². The van der Waals surface area contributed by atoms with Gasteiger partial charge in [0.25, 0.3) is 0 Å². The molecule has 2 aromatic heterocycles. The Morgan fingerprint density at radius 2 is 2.12 bits per heavy atom. The van der Waals surface area contributed by atoms with Crippen LogP contribution in [0, 0.1) is 5.92 Å². The molecular weight excluding hydrogens is 342 g/mol. The monoisotopic (exact) mass is 365 g/mol. The van der Waals surface area contributed by atoms with Crippen molar-refractivity contribution in [3.8, 4) is 0 Å². The quantitative estimate of drug-likeness (QED) is 0.446. The highest BCUT2D eigenvalue weighted by molar-refractivity contribution is 5.83. The Kier molecular flexibility index (Phi) is 4.32. The van der Waals surface area contributed by atoms with Gasteiger partial charge in [-0.15, -0.1) is 0 Å². The highest BCUT2D eigenvalue weighted by Gasteiger charge is 2.44. The molecule has 1 aliphatic heterocycles. The summed E-state index contributed by atoms with van der Waals surface area (Å²) in [6, 6.07) is 0. The number of nitrogens with zero attached hydrogens (tertiary/aromatic N) is 4. The summed E-state index contributed by atoms with van der Waals surface area (Å²) in [7, 11) is 0. The molecule has 1 saturated heterocycles. The number of aliphatic hydroxyl groups excluding tert-OH is 3. The maximum absolute atomic E-state index is 10.8. The lowest BCUT2D eigenvalue weighted by Gasteiger charge is -2.29. The summed E-state index contributed by atoms with van der Waals surface area (Å²) in [5.41, 5.74) is -0.226. The average Bonchev–Trinajstić information content (AvgIpc) is 3.27. The number of ether oxygens (including phenoxy) is 1. The van der Waals surface area contributed by atoms with Crippen molar-refractivity contribution in [1.82, 2.24) is 19.5 Å². The smallest absolute Gasteiger partial charge is 0.167 e. The first kappa shape index (κ1) is 17.6. The summed E-state index contributed by atoms with van der Waals surface area (Å²) in [6.07, 6.45) is 1.01. The molecule has 2 aromatic rings. The molecule has 0 aromatic carbocycles. The van der Waals surface area contributed by atoms with E-state index in [4.69, 9.17) is 4.74 Å². The first-order valence-electron chi connectivity index (χ1n) is 8.75. The number of imidazole rings is 1. The number of anilines is 1. The van der Waals surface area contributed by atoms with E-state index in [1.807, 2.05) is 6.92 Å². The van der Waals surface area contributed by atoms with Crippen LogP contribution in [0.4, 0.5) is 5.82 Å². The number of fused-ring (bicyclic) bond motifs is 1. The normalized spacial score (nSPS) is 37.5. The minimum absolute atomic E-state index is 0.0787. The molecule has 0 spiro atoms. The third-order valence-corrected chi connectivity index (χ3v) is 5.50. The van der Waals surface area contributed by atoms with Crippen molar-refractivity contribution in [1.29, 1.82) is 0 Å². The lowest BCUT2D eigenvalue weighted by molar-refractivity contribution is -0.0511. The Morgan fingerprint density at radius 3 is 2.77 bits per heavy atom. The molecule has 1 saturated carbocycles. The largest absolute Gasteiger partial charge is 0.394 e. The predicted molar refractivity (Wildman–Crippen MR) is 89.9 cm³/mol. The fraction of sp³-hybridized carbons (Fsp3) is 0.688. The third kappa shape index (κ3) is 2.65. The second-order valence-electron chi connectivity index (χ2n) is 7.12. The van der Waals surface area contributed by atoms with E-state index < -0.39 is 36.9 Å². The van der Waals surface area contributed by atoms with Crippen LogP contribution in [0.25, 0.3) is 11.2 Å². The maximum Gasteiger partial charge on any atom is 0.167 e. The molecule has 4 unspecified atom stereocenters. The van der Waals surface area contributed by atoms with Gasteiger partial charge < -0.3 is 30.5 Å². The molecule has 10 heteroatoms. The van der Waals surface area contributed by atoms with Crippen molar-refractivity contribution >= 4 is 17.0 Å². The highest BCUT2D eigenvalue weighted by Crippen LogP contribution is 2.37. The Bertz CT molecular complexity index is 800. The van der Waals surface area contributed by atoms with Gasteiger partial charge in [0, 0.05) is 5.92 Å². The molecule has 6 atom stereocenters. The van der Waals surface area contributed by atoms with Gasteiger partial charge >= 0.3 is 0 Å². The maximum atomic E-state index is 10.8. The molecule has 142 valence electrons. The second-order valence-corrected chi connectivity index (χ2v) is 7.12. The van der Waals surface area contributed by atoms with E-state index >= 15 is 0 Å². The van der Waals surface area contributed by atoms with Gasteiger partial charge in [0.05, 0.1) is 12.9 Å². The molecule has 0 bridgehead atoms. The van der Waals surface area contributed by atoms with Crippen LogP contribution in [-0.2, 0) is 4.74 Å². The minimum Gasteiger partial charge on any atom is -0.394 e. The number of nitrogens with one attached hydrogen (secondary N) is 1. The van der Waals surface area contributed by atoms with Crippen LogP contribution in [-0.4, -0.2) is 70.6 Å². The molecule has 4 rings (SSSR count). The lowest BCUT2D eigenvalue weighted by atomic mass is 10.0. The van der Waals surface area contributed by atoms with Crippen molar-refractivity contribution < 1.29 is 25.2 Å². The molecule has 0 amide bonds. The summed E-state index contributed by atoms with van der Waals surface area (Å²) < 4.78 is 7.03. The van der Waals surface area contributed by atoms with Crippen molar-refractivity contribution in [3.63, 3.8) is 0 Å². The van der Waals surface area contributed by atoms with Crippen molar-refractivity contribution in [2.75, 3.05) is 11.9 Å². The third-order valence-electron chi connectivity index (χ3n) is 5.50. The van der Waals surface area contributed by atoms with E-state index in [0.29, 0.717) is 23.4 Å². The number of aromatic nitrogens is 4. The van der Waals surface area contributed by atoms with Crippen molar-refractivity contribution in [2.45, 2.75) is 56.5 Å². The van der Waals surface area contributed by atoms with Gasteiger partial charge in [-0.25, -0.2) is 15.0 Å². The van der Waals surface area contributed by atoms with Crippen LogP contribution >= 0.6 is 0 Å². The van der Waals surface area contributed by atoms with Crippen LogP contribution in [0.3, 0.4) is 0 Å². The summed E-state index contributed by atoms with van der Waals surface area (Å²) in [4.78, 5) is 12.7. The Morgan fingerprint density at radius 1 is 1.31 bits per heavy atom. The standard InChI is InChI=1S/C16H23N5O5/c1-8-3-2-4-16(8,25)20-13-10-14(18-6-17-13)21(7-19-10)15-12(24)11(23)9(5-22)26-15/h6-9,11-12,15,22-25H,2-5H2,1H3,(H,17,18,20)/t8?,9-,11?,12?,15-,16?/m1/s1. The molecule has 10 nitrogen and oxygen atoms in total. The molecule has 2 aliphatic rings. The van der Waals surface area contributed by atoms with Crippen LogP contribution in [0.2, 0.25) is 0 Å². The first-order valence-corrected chi connectivity index (χ1v) is 8.75. The zero-order valence-electron chi connectivity index (χ0n) is 14.4. The SMILES string of the molecule is CC1CCCC1(O)Nc1ncnc2c1ncn2[C@@H]1O[C@H](CO)C(O)C1O. The van der Waals surface area contributed by atoms with Crippen LogP contribution in [0.1, 0.15) is 32.4 Å². The molecule has 5 N–H and O–H groups in total. The van der Waals surface area contributed by atoms with E-state index in [1.54, 1.807) is 0 Å². The van der Waals surface area contributed by atoms with Crippen molar-refractivity contribution in [2.24, 2.45) is 5.92 Å². The van der Waals surface area contributed by atoms with Gasteiger partial charge in [0.1, 0.15) is 30.4 Å². The molecule has 3 heterocycles. The van der Waals surface area contributed by atoms with E-state index in [9.17, 15) is 20.4 Å². The molecule has 0 radical (unpaired) electrons. The second kappa shape index (κ2) is 6.39. The fourth-order valence-corrected chi connectivity index (χ4v) is 3.79. The number of hydrogen-bond acceptors (Lipinski definition) is 9. The lowest BCUT2D eigenvalue weighted by Crippen LogP contribution is -2.40.